The molecular weight excluding hydrogens is 454 g/mol. The number of nitrogens with zero attached hydrogens (tertiary/aromatic N) is 1. The highest BCUT2D eigenvalue weighted by Gasteiger charge is 2.30. The van der Waals surface area contributed by atoms with Gasteiger partial charge in [-0.2, -0.15) is 0 Å². The van der Waals surface area contributed by atoms with Gasteiger partial charge in [0.15, 0.2) is 5.96 Å². The molecule has 0 aliphatic rings. The van der Waals surface area contributed by atoms with Crippen LogP contribution >= 0.6 is 24.0 Å². The Kier molecular flexibility index (Phi) is 11.0. The Bertz CT molecular complexity index is 551. The number of carbonyl (C=O) groups excluding carboxylic acids is 1. The van der Waals surface area contributed by atoms with Crippen LogP contribution < -0.4 is 15.8 Å². The number of ether oxygens (including phenoxy) is 2. The molecule has 0 bridgehead atoms. The molecule has 0 unspecified atom stereocenters. The molecule has 0 aliphatic heterocycles. The molecule has 1 aromatic carbocycles. The first-order chi connectivity index (χ1) is 11.3. The van der Waals surface area contributed by atoms with Crippen LogP contribution in [0.25, 0.3) is 0 Å². The number of alkyl halides is 3. The number of aliphatic imine (C=N–C) groups is 1. The summed E-state index contributed by atoms with van der Waals surface area (Å²) in [6.07, 6.45) is -3.87. The molecule has 3 N–H and O–H groups in total. The molecule has 0 spiro atoms. The Morgan fingerprint density at radius 1 is 1.28 bits per heavy atom. The molecule has 0 amide bonds. The lowest BCUT2D eigenvalue weighted by Crippen LogP contribution is -2.32. The number of hydrogen-bond donors (Lipinski definition) is 2. The van der Waals surface area contributed by atoms with E-state index in [9.17, 15) is 18.0 Å². The van der Waals surface area contributed by atoms with Gasteiger partial charge in [-0.1, -0.05) is 12.1 Å². The third kappa shape index (κ3) is 11.5. The number of carbonyl (C=O) groups is 1. The van der Waals surface area contributed by atoms with Crippen LogP contribution in [0.4, 0.5) is 13.2 Å². The van der Waals surface area contributed by atoms with Crippen molar-refractivity contribution >= 4 is 35.9 Å². The number of hydrogen-bond acceptors (Lipinski definition) is 4. The van der Waals surface area contributed by atoms with Crippen LogP contribution in [0.5, 0.6) is 5.75 Å². The zero-order valence-corrected chi connectivity index (χ0v) is 16.0. The minimum atomic E-state index is -4.71. The van der Waals surface area contributed by atoms with Crippen LogP contribution in [0.15, 0.2) is 29.3 Å². The number of nitrogens with one attached hydrogen (secondary N) is 1. The van der Waals surface area contributed by atoms with E-state index in [1.54, 1.807) is 6.92 Å². The van der Waals surface area contributed by atoms with Crippen molar-refractivity contribution in [3.8, 4) is 5.75 Å². The molecule has 1 aromatic rings. The van der Waals surface area contributed by atoms with E-state index in [1.807, 2.05) is 0 Å². The summed E-state index contributed by atoms with van der Waals surface area (Å²) in [5.41, 5.74) is 6.34. The summed E-state index contributed by atoms with van der Waals surface area (Å²) in [5, 5.41) is 2.84. The number of esters is 1. The fraction of sp³-hybridized carbons (Fsp3) is 0.467. The molecule has 0 radical (unpaired) electrons. The van der Waals surface area contributed by atoms with Crippen LogP contribution in [0.1, 0.15) is 25.3 Å². The second-order valence-corrected chi connectivity index (χ2v) is 4.73. The van der Waals surface area contributed by atoms with E-state index in [0.29, 0.717) is 25.1 Å². The van der Waals surface area contributed by atoms with Gasteiger partial charge < -0.3 is 20.5 Å². The van der Waals surface area contributed by atoms with Gasteiger partial charge in [-0.25, -0.2) is 4.99 Å². The normalized spacial score (nSPS) is 11.4. The lowest BCUT2D eigenvalue weighted by Gasteiger charge is -2.09. The maximum absolute atomic E-state index is 12.0. The smallest absolute Gasteiger partial charge is 0.466 e. The summed E-state index contributed by atoms with van der Waals surface area (Å²) >= 11 is 0. The first-order valence-corrected chi connectivity index (χ1v) is 7.34. The van der Waals surface area contributed by atoms with Gasteiger partial charge in [0.2, 0.25) is 0 Å². The number of nitrogens with two attached hydrogens (primary N) is 1. The largest absolute Gasteiger partial charge is 0.573 e. The van der Waals surface area contributed by atoms with Crippen molar-refractivity contribution in [2.24, 2.45) is 10.7 Å². The predicted octanol–water partition coefficient (Wildman–Crippen LogP) is 2.95. The van der Waals surface area contributed by atoms with E-state index in [4.69, 9.17) is 10.5 Å². The first kappa shape index (κ1) is 23.3. The lowest BCUT2D eigenvalue weighted by molar-refractivity contribution is -0.274. The summed E-state index contributed by atoms with van der Waals surface area (Å²) in [4.78, 5) is 15.2. The lowest BCUT2D eigenvalue weighted by atomic mass is 10.2. The van der Waals surface area contributed by atoms with Crippen molar-refractivity contribution in [3.63, 3.8) is 0 Å². The van der Waals surface area contributed by atoms with Crippen LogP contribution in [-0.2, 0) is 16.1 Å². The van der Waals surface area contributed by atoms with Gasteiger partial charge in [0.25, 0.3) is 0 Å². The average Bonchev–Trinajstić information content (AvgIpc) is 2.50. The minimum Gasteiger partial charge on any atom is -0.466 e. The molecule has 0 heterocycles. The first-order valence-electron chi connectivity index (χ1n) is 7.34. The highest BCUT2D eigenvalue weighted by atomic mass is 127. The van der Waals surface area contributed by atoms with Gasteiger partial charge in [-0.3, -0.25) is 4.79 Å². The van der Waals surface area contributed by atoms with E-state index in [-0.39, 0.29) is 54.6 Å². The fourth-order valence-electron chi connectivity index (χ4n) is 1.71. The molecule has 0 aromatic heterocycles. The molecule has 0 aliphatic carbocycles. The average molecular weight is 475 g/mol. The van der Waals surface area contributed by atoms with E-state index in [2.05, 4.69) is 15.0 Å². The number of benzene rings is 1. The van der Waals surface area contributed by atoms with Crippen molar-refractivity contribution in [3.05, 3.63) is 29.8 Å². The molecule has 6 nitrogen and oxygen atoms in total. The molecule has 0 saturated heterocycles. The van der Waals surface area contributed by atoms with Gasteiger partial charge >= 0.3 is 12.3 Å². The monoisotopic (exact) mass is 475 g/mol. The van der Waals surface area contributed by atoms with Crippen molar-refractivity contribution in [1.82, 2.24) is 5.32 Å². The summed E-state index contributed by atoms with van der Waals surface area (Å²) in [6, 6.07) is 5.36. The Morgan fingerprint density at radius 3 is 2.48 bits per heavy atom. The van der Waals surface area contributed by atoms with Crippen LogP contribution in [0.2, 0.25) is 0 Å². The van der Waals surface area contributed by atoms with Crippen LogP contribution in [0, 0.1) is 0 Å². The molecular formula is C15H21F3IN3O3. The molecule has 0 fully saturated rings. The summed E-state index contributed by atoms with van der Waals surface area (Å²) < 4.78 is 44.7. The molecule has 25 heavy (non-hydrogen) atoms. The molecule has 142 valence electrons. The van der Waals surface area contributed by atoms with Gasteiger partial charge in [0.05, 0.1) is 13.2 Å². The van der Waals surface area contributed by atoms with Crippen LogP contribution in [0.3, 0.4) is 0 Å². The summed E-state index contributed by atoms with van der Waals surface area (Å²) in [6.45, 7) is 2.76. The van der Waals surface area contributed by atoms with E-state index < -0.39 is 6.36 Å². The van der Waals surface area contributed by atoms with Crippen molar-refractivity contribution in [1.29, 1.82) is 0 Å². The Hall–Kier alpha value is -1.72. The predicted molar refractivity (Wildman–Crippen MR) is 97.7 cm³/mol. The topological polar surface area (TPSA) is 85.9 Å². The second-order valence-electron chi connectivity index (χ2n) is 4.73. The number of rotatable bonds is 8. The number of halogens is 4. The van der Waals surface area contributed by atoms with Gasteiger partial charge in [-0.15, -0.1) is 37.1 Å². The van der Waals surface area contributed by atoms with Gasteiger partial charge in [-0.05, 0) is 31.0 Å². The second kappa shape index (κ2) is 11.8. The van der Waals surface area contributed by atoms with E-state index >= 15 is 0 Å². The quantitative estimate of drug-likeness (QED) is 0.199. The SMILES string of the molecule is CCOC(=O)CCCNC(N)=NCc1ccc(OC(F)(F)F)cc1.I. The molecule has 0 atom stereocenters. The van der Waals surface area contributed by atoms with E-state index in [0.717, 1.165) is 0 Å². The van der Waals surface area contributed by atoms with Gasteiger partial charge in [0.1, 0.15) is 5.75 Å². The van der Waals surface area contributed by atoms with Crippen molar-refractivity contribution in [2.75, 3.05) is 13.2 Å². The zero-order chi connectivity index (χ0) is 18.0. The summed E-state index contributed by atoms with van der Waals surface area (Å²) in [7, 11) is 0. The summed E-state index contributed by atoms with van der Waals surface area (Å²) in [5.74, 6) is -0.370. The third-order valence-corrected chi connectivity index (χ3v) is 2.76. The van der Waals surface area contributed by atoms with Gasteiger partial charge in [0, 0.05) is 13.0 Å². The highest BCUT2D eigenvalue weighted by molar-refractivity contribution is 14.0. The highest BCUT2D eigenvalue weighted by Crippen LogP contribution is 2.22. The van der Waals surface area contributed by atoms with Crippen molar-refractivity contribution in [2.45, 2.75) is 32.7 Å². The standard InChI is InChI=1S/C15H20F3N3O3.HI/c1-2-23-13(22)4-3-9-20-14(19)21-10-11-5-7-12(8-6-11)24-15(16,17)18;/h5-8H,2-4,9-10H2,1H3,(H3,19,20,21);1H. The fourth-order valence-corrected chi connectivity index (χ4v) is 1.71. The molecule has 1 rings (SSSR count). The third-order valence-electron chi connectivity index (χ3n) is 2.76. The Labute approximate surface area is 161 Å². The molecule has 0 saturated carbocycles. The van der Waals surface area contributed by atoms with Crippen LogP contribution in [-0.4, -0.2) is 31.4 Å². The van der Waals surface area contributed by atoms with E-state index in [1.165, 1.54) is 24.3 Å². The maximum Gasteiger partial charge on any atom is 0.573 e. The minimum absolute atomic E-state index is 0. The van der Waals surface area contributed by atoms with Crippen molar-refractivity contribution < 1.29 is 27.4 Å². The number of guanidine groups is 1. The molecule has 10 heteroatoms. The zero-order valence-electron chi connectivity index (χ0n) is 13.6. The Morgan fingerprint density at radius 2 is 1.92 bits per heavy atom. The Balaban J connectivity index is 0.00000576. The maximum atomic E-state index is 12.0.